The smallest absolute Gasteiger partial charge is 0.253 e. The summed E-state index contributed by atoms with van der Waals surface area (Å²) in [5.74, 6) is 0.605. The Bertz CT molecular complexity index is 1170. The fraction of sp³-hybridized carbons (Fsp3) is 0.423. The van der Waals surface area contributed by atoms with Crippen molar-refractivity contribution < 1.29 is 9.59 Å². The van der Waals surface area contributed by atoms with Crippen LogP contribution in [-0.2, 0) is 4.79 Å². The number of likely N-dealkylation sites (tertiary alicyclic amines) is 1. The number of aromatic nitrogens is 1. The van der Waals surface area contributed by atoms with Gasteiger partial charge in [0, 0.05) is 56.4 Å². The molecule has 1 aromatic heterocycles. The van der Waals surface area contributed by atoms with Crippen LogP contribution in [0.3, 0.4) is 0 Å². The third kappa shape index (κ3) is 3.95. The van der Waals surface area contributed by atoms with Crippen LogP contribution in [-0.4, -0.2) is 72.4 Å². The van der Waals surface area contributed by atoms with Gasteiger partial charge in [0.15, 0.2) is 5.13 Å². The van der Waals surface area contributed by atoms with Crippen LogP contribution >= 0.6 is 11.3 Å². The molecule has 0 bridgehead atoms. The second-order valence-electron chi connectivity index (χ2n) is 9.51. The number of carbonyl (C=O) groups excluding carboxylic acids is 2. The zero-order valence-corrected chi connectivity index (χ0v) is 20.1. The third-order valence-electron chi connectivity index (χ3n) is 7.61. The molecule has 3 heterocycles. The molecule has 0 radical (unpaired) electrons. The predicted molar refractivity (Wildman–Crippen MR) is 135 cm³/mol. The molecule has 176 valence electrons. The van der Waals surface area contributed by atoms with Crippen LogP contribution in [0.15, 0.2) is 48.5 Å². The molecule has 2 saturated heterocycles. The van der Waals surface area contributed by atoms with E-state index in [1.807, 2.05) is 41.3 Å². The molecular weight excluding hydrogens is 446 g/mol. The van der Waals surface area contributed by atoms with Gasteiger partial charge in [-0.15, -0.1) is 0 Å². The highest BCUT2D eigenvalue weighted by Crippen LogP contribution is 2.52. The quantitative estimate of drug-likeness (QED) is 0.613. The number of benzene rings is 2. The van der Waals surface area contributed by atoms with E-state index >= 15 is 0 Å². The van der Waals surface area contributed by atoms with Gasteiger partial charge < -0.3 is 20.0 Å². The molecule has 0 spiro atoms. The van der Waals surface area contributed by atoms with Gasteiger partial charge in [0.05, 0.1) is 10.2 Å². The number of thiazole rings is 1. The third-order valence-corrected chi connectivity index (χ3v) is 8.56. The van der Waals surface area contributed by atoms with Crippen LogP contribution in [0, 0.1) is 17.8 Å². The van der Waals surface area contributed by atoms with Crippen molar-refractivity contribution >= 4 is 44.2 Å². The molecule has 2 amide bonds. The molecule has 3 aliphatic rings. The molecule has 2 aromatic carbocycles. The van der Waals surface area contributed by atoms with Crippen LogP contribution in [0.4, 0.5) is 10.8 Å². The lowest BCUT2D eigenvalue weighted by Crippen LogP contribution is -2.46. The Hall–Kier alpha value is -2.97. The maximum atomic E-state index is 13.0. The Kier molecular flexibility index (Phi) is 5.50. The number of piperidine rings is 1. The summed E-state index contributed by atoms with van der Waals surface area (Å²) in [7, 11) is 0. The van der Waals surface area contributed by atoms with Crippen LogP contribution in [0.2, 0.25) is 0 Å². The number of amides is 2. The first-order valence-electron chi connectivity index (χ1n) is 12.1. The number of piperazine rings is 1. The molecule has 3 aromatic rings. The van der Waals surface area contributed by atoms with Crippen LogP contribution in [0.1, 0.15) is 17.3 Å². The summed E-state index contributed by atoms with van der Waals surface area (Å²) in [6.07, 6.45) is 0. The molecular formula is C26H29N5O2S. The maximum absolute atomic E-state index is 13.0. The lowest BCUT2D eigenvalue weighted by atomic mass is 10.1. The van der Waals surface area contributed by atoms with Crippen molar-refractivity contribution in [3.63, 3.8) is 0 Å². The Morgan fingerprint density at radius 2 is 1.71 bits per heavy atom. The van der Waals surface area contributed by atoms with E-state index in [1.165, 1.54) is 17.0 Å². The fourth-order valence-corrected chi connectivity index (χ4v) is 6.38. The molecule has 8 heteroatoms. The number of carbonyl (C=O) groups is 2. The first kappa shape index (κ1) is 21.6. The lowest BCUT2D eigenvalue weighted by Gasteiger charge is -2.35. The van der Waals surface area contributed by atoms with Gasteiger partial charge in [0.2, 0.25) is 5.91 Å². The van der Waals surface area contributed by atoms with Crippen molar-refractivity contribution in [2.75, 3.05) is 56.0 Å². The SMILES string of the molecule is CCN1CCN(c2ccc(C(=O)N3C[C@@H]4C(C(=O)Nc5nc6ccccc6s5)[C@@H]4C3)cc2)CC1. The standard InChI is InChI=1S/C26H29N5O2S/c1-2-29-11-13-30(14-12-29)18-9-7-17(8-10-18)25(33)31-15-19-20(16-31)23(19)24(32)28-26-27-21-5-3-4-6-22(21)34-26/h3-10,19-20,23H,2,11-16H2,1H3,(H,27,28,32)/t19-,20+,23?. The summed E-state index contributed by atoms with van der Waals surface area (Å²) in [6.45, 7) is 8.83. The largest absolute Gasteiger partial charge is 0.369 e. The van der Waals surface area contributed by atoms with E-state index in [1.54, 1.807) is 0 Å². The van der Waals surface area contributed by atoms with Crippen LogP contribution < -0.4 is 10.2 Å². The van der Waals surface area contributed by atoms with Crippen molar-refractivity contribution in [3.05, 3.63) is 54.1 Å². The Morgan fingerprint density at radius 1 is 1.00 bits per heavy atom. The molecule has 34 heavy (non-hydrogen) atoms. The summed E-state index contributed by atoms with van der Waals surface area (Å²) in [5.41, 5.74) is 2.82. The monoisotopic (exact) mass is 475 g/mol. The average Bonchev–Trinajstić information content (AvgIpc) is 3.18. The summed E-state index contributed by atoms with van der Waals surface area (Å²) in [5, 5.41) is 3.65. The second-order valence-corrected chi connectivity index (χ2v) is 10.5. The maximum Gasteiger partial charge on any atom is 0.253 e. The van der Waals surface area contributed by atoms with E-state index in [4.69, 9.17) is 0 Å². The second kappa shape index (κ2) is 8.67. The number of fused-ring (bicyclic) bond motifs is 2. The van der Waals surface area contributed by atoms with Gasteiger partial charge in [0.25, 0.3) is 5.91 Å². The van der Waals surface area contributed by atoms with E-state index in [-0.39, 0.29) is 29.6 Å². The molecule has 2 aliphatic heterocycles. The van der Waals surface area contributed by atoms with Crippen molar-refractivity contribution in [1.29, 1.82) is 0 Å². The number of para-hydroxylation sites is 1. The number of hydrogen-bond donors (Lipinski definition) is 1. The van der Waals surface area contributed by atoms with E-state index < -0.39 is 0 Å². The highest BCUT2D eigenvalue weighted by Gasteiger charge is 2.60. The molecule has 3 fully saturated rings. The molecule has 1 aliphatic carbocycles. The van der Waals surface area contributed by atoms with Crippen molar-refractivity contribution in [3.8, 4) is 0 Å². The van der Waals surface area contributed by atoms with Gasteiger partial charge in [-0.1, -0.05) is 30.4 Å². The van der Waals surface area contributed by atoms with Crippen molar-refractivity contribution in [2.45, 2.75) is 6.92 Å². The first-order valence-corrected chi connectivity index (χ1v) is 13.0. The zero-order valence-electron chi connectivity index (χ0n) is 19.3. The number of rotatable bonds is 5. The number of anilines is 2. The van der Waals surface area contributed by atoms with Gasteiger partial charge >= 0.3 is 0 Å². The predicted octanol–water partition coefficient (Wildman–Crippen LogP) is 3.39. The van der Waals surface area contributed by atoms with Crippen molar-refractivity contribution in [2.24, 2.45) is 17.8 Å². The van der Waals surface area contributed by atoms with Crippen molar-refractivity contribution in [1.82, 2.24) is 14.8 Å². The summed E-state index contributed by atoms with van der Waals surface area (Å²) in [4.78, 5) is 37.1. The summed E-state index contributed by atoms with van der Waals surface area (Å²) < 4.78 is 1.07. The Labute approximate surface area is 203 Å². The van der Waals surface area contributed by atoms with Gasteiger partial charge in [-0.05, 0) is 54.8 Å². The number of nitrogens with zero attached hydrogens (tertiary/aromatic N) is 4. The topological polar surface area (TPSA) is 68.8 Å². The summed E-state index contributed by atoms with van der Waals surface area (Å²) >= 11 is 1.50. The van der Waals surface area contributed by atoms with Gasteiger partial charge in [-0.3, -0.25) is 9.59 Å². The fourth-order valence-electron chi connectivity index (χ4n) is 5.52. The molecule has 7 nitrogen and oxygen atoms in total. The van der Waals surface area contributed by atoms with E-state index in [0.717, 1.165) is 48.5 Å². The highest BCUT2D eigenvalue weighted by molar-refractivity contribution is 7.22. The van der Waals surface area contributed by atoms with Gasteiger partial charge in [-0.2, -0.15) is 0 Å². The van der Waals surface area contributed by atoms with Gasteiger partial charge in [0.1, 0.15) is 0 Å². The van der Waals surface area contributed by atoms with E-state index in [0.29, 0.717) is 18.2 Å². The zero-order chi connectivity index (χ0) is 23.2. The minimum absolute atomic E-state index is 0.0137. The minimum atomic E-state index is -0.0137. The van der Waals surface area contributed by atoms with Crippen LogP contribution in [0.25, 0.3) is 10.2 Å². The first-order chi connectivity index (χ1) is 16.6. The number of hydrogen-bond acceptors (Lipinski definition) is 6. The van der Waals surface area contributed by atoms with Crippen LogP contribution in [0.5, 0.6) is 0 Å². The molecule has 3 atom stereocenters. The normalized spacial score (nSPS) is 24.3. The molecule has 1 unspecified atom stereocenters. The number of nitrogens with one attached hydrogen (secondary N) is 1. The molecule has 1 N–H and O–H groups in total. The minimum Gasteiger partial charge on any atom is -0.369 e. The highest BCUT2D eigenvalue weighted by atomic mass is 32.1. The molecule has 1 saturated carbocycles. The van der Waals surface area contributed by atoms with E-state index in [2.05, 4.69) is 39.2 Å². The number of likely N-dealkylation sites (N-methyl/N-ethyl adjacent to an activating group) is 1. The van der Waals surface area contributed by atoms with E-state index in [9.17, 15) is 9.59 Å². The van der Waals surface area contributed by atoms with Gasteiger partial charge in [-0.25, -0.2) is 4.98 Å². The lowest BCUT2D eigenvalue weighted by molar-refractivity contribution is -0.118. The summed E-state index contributed by atoms with van der Waals surface area (Å²) in [6, 6.07) is 15.9. The Morgan fingerprint density at radius 3 is 2.38 bits per heavy atom. The molecule has 6 rings (SSSR count). The Balaban J connectivity index is 1.03. The average molecular weight is 476 g/mol.